The molecule has 1 N–H and O–H groups in total. The Balaban J connectivity index is 3.01. The number of alkyl halides is 3. The maximum absolute atomic E-state index is 12.3. The fourth-order valence-electron chi connectivity index (χ4n) is 1.15. The van der Waals surface area contributed by atoms with E-state index in [-0.39, 0.29) is 6.04 Å². The SMILES string of the molecule is CN[C@@H](C)c1cccc(C(F)(F)F)c1. The van der Waals surface area contributed by atoms with E-state index in [1.54, 1.807) is 13.1 Å². The zero-order valence-corrected chi connectivity index (χ0v) is 8.02. The van der Waals surface area contributed by atoms with Crippen molar-refractivity contribution < 1.29 is 13.2 Å². The van der Waals surface area contributed by atoms with E-state index >= 15 is 0 Å². The van der Waals surface area contributed by atoms with Gasteiger partial charge in [0.15, 0.2) is 0 Å². The average molecular weight is 203 g/mol. The monoisotopic (exact) mass is 203 g/mol. The molecule has 0 aliphatic carbocycles. The molecule has 0 saturated heterocycles. The highest BCUT2D eigenvalue weighted by Crippen LogP contribution is 2.30. The van der Waals surface area contributed by atoms with Crippen LogP contribution in [0.1, 0.15) is 24.1 Å². The van der Waals surface area contributed by atoms with E-state index < -0.39 is 11.7 Å². The maximum Gasteiger partial charge on any atom is 0.416 e. The minimum atomic E-state index is -4.26. The van der Waals surface area contributed by atoms with Gasteiger partial charge in [-0.05, 0) is 31.7 Å². The molecular formula is C10H12F3N. The molecule has 0 bridgehead atoms. The molecule has 0 spiro atoms. The van der Waals surface area contributed by atoms with Crippen molar-refractivity contribution in [2.45, 2.75) is 19.1 Å². The largest absolute Gasteiger partial charge is 0.416 e. The molecule has 0 radical (unpaired) electrons. The minimum Gasteiger partial charge on any atom is -0.313 e. The maximum atomic E-state index is 12.3. The summed E-state index contributed by atoms with van der Waals surface area (Å²) in [7, 11) is 1.71. The predicted molar refractivity (Wildman–Crippen MR) is 48.9 cm³/mol. The molecule has 4 heteroatoms. The molecule has 78 valence electrons. The molecule has 0 aliphatic heterocycles. The van der Waals surface area contributed by atoms with Crippen molar-refractivity contribution in [3.8, 4) is 0 Å². The van der Waals surface area contributed by atoms with Gasteiger partial charge in [0.25, 0.3) is 0 Å². The number of halogens is 3. The summed E-state index contributed by atoms with van der Waals surface area (Å²) in [5, 5.41) is 2.89. The van der Waals surface area contributed by atoms with E-state index in [2.05, 4.69) is 5.32 Å². The van der Waals surface area contributed by atoms with Crippen molar-refractivity contribution in [3.05, 3.63) is 35.4 Å². The number of hydrogen-bond donors (Lipinski definition) is 1. The van der Waals surface area contributed by atoms with Gasteiger partial charge in [-0.2, -0.15) is 13.2 Å². The number of rotatable bonds is 2. The van der Waals surface area contributed by atoms with Gasteiger partial charge in [0, 0.05) is 6.04 Å². The van der Waals surface area contributed by atoms with Gasteiger partial charge in [0.1, 0.15) is 0 Å². The number of benzene rings is 1. The molecule has 14 heavy (non-hydrogen) atoms. The molecule has 0 aromatic heterocycles. The molecule has 0 unspecified atom stereocenters. The van der Waals surface area contributed by atoms with Crippen LogP contribution in [0.5, 0.6) is 0 Å². The quantitative estimate of drug-likeness (QED) is 0.779. The van der Waals surface area contributed by atoms with Crippen molar-refractivity contribution in [1.82, 2.24) is 5.32 Å². The van der Waals surface area contributed by atoms with Gasteiger partial charge in [-0.3, -0.25) is 0 Å². The Hall–Kier alpha value is -1.03. The first-order valence-electron chi connectivity index (χ1n) is 4.29. The molecule has 1 rings (SSSR count). The third kappa shape index (κ3) is 2.48. The highest BCUT2D eigenvalue weighted by molar-refractivity contribution is 5.27. The van der Waals surface area contributed by atoms with Crippen LogP contribution < -0.4 is 5.32 Å². The minimum absolute atomic E-state index is 0.0719. The lowest BCUT2D eigenvalue weighted by molar-refractivity contribution is -0.137. The second-order valence-corrected chi connectivity index (χ2v) is 3.13. The van der Waals surface area contributed by atoms with E-state index in [1.807, 2.05) is 6.92 Å². The normalized spacial score (nSPS) is 14.1. The highest BCUT2D eigenvalue weighted by atomic mass is 19.4. The molecule has 1 aromatic rings. The van der Waals surface area contributed by atoms with Crippen molar-refractivity contribution >= 4 is 0 Å². The Labute approximate surface area is 80.9 Å². The summed E-state index contributed by atoms with van der Waals surface area (Å²) in [4.78, 5) is 0. The zero-order chi connectivity index (χ0) is 10.8. The van der Waals surface area contributed by atoms with Crippen molar-refractivity contribution in [1.29, 1.82) is 0 Å². The van der Waals surface area contributed by atoms with Gasteiger partial charge in [-0.25, -0.2) is 0 Å². The Morgan fingerprint density at radius 1 is 1.29 bits per heavy atom. The van der Waals surface area contributed by atoms with E-state index in [0.29, 0.717) is 5.56 Å². The predicted octanol–water partition coefficient (Wildman–Crippen LogP) is 2.99. The third-order valence-electron chi connectivity index (χ3n) is 2.15. The fraction of sp³-hybridized carbons (Fsp3) is 0.400. The number of hydrogen-bond acceptors (Lipinski definition) is 1. The first-order chi connectivity index (χ1) is 6.45. The van der Waals surface area contributed by atoms with Crippen LogP contribution in [0, 0.1) is 0 Å². The van der Waals surface area contributed by atoms with Crippen LogP contribution in [0.3, 0.4) is 0 Å². The molecular weight excluding hydrogens is 191 g/mol. The molecule has 1 aromatic carbocycles. The summed E-state index contributed by atoms with van der Waals surface area (Å²) < 4.78 is 36.9. The lowest BCUT2D eigenvalue weighted by Gasteiger charge is -2.13. The van der Waals surface area contributed by atoms with Crippen molar-refractivity contribution in [2.75, 3.05) is 7.05 Å². The van der Waals surface area contributed by atoms with Gasteiger partial charge in [0.2, 0.25) is 0 Å². The van der Waals surface area contributed by atoms with Gasteiger partial charge in [-0.1, -0.05) is 12.1 Å². The van der Waals surface area contributed by atoms with Gasteiger partial charge < -0.3 is 5.32 Å². The van der Waals surface area contributed by atoms with Gasteiger partial charge in [0.05, 0.1) is 5.56 Å². The van der Waals surface area contributed by atoms with Crippen LogP contribution in [-0.2, 0) is 6.18 Å². The molecule has 0 saturated carbocycles. The molecule has 1 nitrogen and oxygen atoms in total. The van der Waals surface area contributed by atoms with Crippen molar-refractivity contribution in [2.24, 2.45) is 0 Å². The van der Waals surface area contributed by atoms with Crippen LogP contribution in [0.2, 0.25) is 0 Å². The summed E-state index contributed by atoms with van der Waals surface area (Å²) >= 11 is 0. The summed E-state index contributed by atoms with van der Waals surface area (Å²) in [6.07, 6.45) is -4.26. The fourth-order valence-corrected chi connectivity index (χ4v) is 1.15. The highest BCUT2D eigenvalue weighted by Gasteiger charge is 2.30. The van der Waals surface area contributed by atoms with E-state index in [0.717, 1.165) is 6.07 Å². The zero-order valence-electron chi connectivity index (χ0n) is 8.02. The summed E-state index contributed by atoms with van der Waals surface area (Å²) in [6.45, 7) is 1.81. The molecule has 0 amide bonds. The summed E-state index contributed by atoms with van der Waals surface area (Å²) in [6, 6.07) is 5.27. The van der Waals surface area contributed by atoms with Gasteiger partial charge in [-0.15, -0.1) is 0 Å². The first-order valence-corrected chi connectivity index (χ1v) is 4.29. The molecule has 0 heterocycles. The first kappa shape index (κ1) is 11.0. The van der Waals surface area contributed by atoms with E-state index in [9.17, 15) is 13.2 Å². The van der Waals surface area contributed by atoms with Gasteiger partial charge >= 0.3 is 6.18 Å². The topological polar surface area (TPSA) is 12.0 Å². The van der Waals surface area contributed by atoms with Crippen molar-refractivity contribution in [3.63, 3.8) is 0 Å². The summed E-state index contributed by atoms with van der Waals surface area (Å²) in [5.41, 5.74) is 0.0411. The summed E-state index contributed by atoms with van der Waals surface area (Å²) in [5.74, 6) is 0. The average Bonchev–Trinajstić information content (AvgIpc) is 2.15. The van der Waals surface area contributed by atoms with Crippen LogP contribution in [0.25, 0.3) is 0 Å². The van der Waals surface area contributed by atoms with Crippen LogP contribution in [0.15, 0.2) is 24.3 Å². The molecule has 0 aliphatic rings. The smallest absolute Gasteiger partial charge is 0.313 e. The van der Waals surface area contributed by atoms with E-state index in [4.69, 9.17) is 0 Å². The standard InChI is InChI=1S/C10H12F3N/c1-7(14-2)8-4-3-5-9(6-8)10(11,12)13/h3-7,14H,1-2H3/t7-/m0/s1. The Kier molecular flexibility index (Phi) is 3.16. The van der Waals surface area contributed by atoms with Crippen LogP contribution in [0.4, 0.5) is 13.2 Å². The second-order valence-electron chi connectivity index (χ2n) is 3.13. The lowest BCUT2D eigenvalue weighted by Crippen LogP contribution is -2.13. The third-order valence-corrected chi connectivity index (χ3v) is 2.15. The number of nitrogens with one attached hydrogen (secondary N) is 1. The lowest BCUT2D eigenvalue weighted by atomic mass is 10.1. The van der Waals surface area contributed by atoms with E-state index in [1.165, 1.54) is 12.1 Å². The Bertz CT molecular complexity index is 306. The second kappa shape index (κ2) is 4.00. The Morgan fingerprint density at radius 3 is 2.43 bits per heavy atom. The Morgan fingerprint density at radius 2 is 1.93 bits per heavy atom. The van der Waals surface area contributed by atoms with Crippen LogP contribution >= 0.6 is 0 Å². The molecule has 1 atom stereocenters. The molecule has 0 fully saturated rings. The van der Waals surface area contributed by atoms with Crippen LogP contribution in [-0.4, -0.2) is 7.05 Å².